The molecule has 2 aromatic carbocycles. The van der Waals surface area contributed by atoms with E-state index in [0.717, 1.165) is 41.5 Å². The summed E-state index contributed by atoms with van der Waals surface area (Å²) in [6, 6.07) is 15.2. The van der Waals surface area contributed by atoms with Gasteiger partial charge in [0.1, 0.15) is 18.2 Å². The number of aliphatic carboxylic acids is 1. The molecule has 0 aliphatic heterocycles. The van der Waals surface area contributed by atoms with E-state index in [1.165, 1.54) is 11.8 Å². The van der Waals surface area contributed by atoms with Crippen molar-refractivity contribution < 1.29 is 29.0 Å². The molecular formula is C29H38N2O6. The number of carboxylic acid groups (broad SMARTS) is 1. The number of hydrogen-bond donors (Lipinski definition) is 2. The molecule has 200 valence electrons. The smallest absolute Gasteiger partial charge is 0.410 e. The number of fused-ring (bicyclic) bond motifs is 3. The molecule has 0 heterocycles. The van der Waals surface area contributed by atoms with E-state index in [1.807, 2.05) is 57.2 Å². The summed E-state index contributed by atoms with van der Waals surface area (Å²) < 4.78 is 10.9. The molecule has 0 radical (unpaired) electrons. The van der Waals surface area contributed by atoms with Crippen LogP contribution in [-0.4, -0.2) is 59.5 Å². The Morgan fingerprint density at radius 2 is 1.51 bits per heavy atom. The zero-order valence-corrected chi connectivity index (χ0v) is 22.2. The van der Waals surface area contributed by atoms with Gasteiger partial charge in [0.25, 0.3) is 0 Å². The molecular weight excluding hydrogens is 472 g/mol. The Labute approximate surface area is 219 Å². The first-order valence-electron chi connectivity index (χ1n) is 12.9. The van der Waals surface area contributed by atoms with Gasteiger partial charge >= 0.3 is 18.2 Å². The lowest BCUT2D eigenvalue weighted by Crippen LogP contribution is -2.44. The van der Waals surface area contributed by atoms with Gasteiger partial charge in [-0.25, -0.2) is 14.4 Å². The van der Waals surface area contributed by atoms with Crippen molar-refractivity contribution in [3.63, 3.8) is 0 Å². The molecule has 8 heteroatoms. The number of unbranched alkanes of at least 4 members (excludes halogenated alkanes) is 3. The van der Waals surface area contributed by atoms with E-state index in [2.05, 4.69) is 17.4 Å². The van der Waals surface area contributed by atoms with Crippen LogP contribution < -0.4 is 5.32 Å². The first-order valence-corrected chi connectivity index (χ1v) is 12.9. The fraction of sp³-hybridized carbons (Fsp3) is 0.483. The minimum absolute atomic E-state index is 0.0872. The standard InChI is InChI=1S/C29H38N2O6/c1-20(26(32)33)31(18-12-6-5-11-17-30-27(34)37-29(2,3)4)28(35)36-19-25-23-15-9-7-13-21(23)22-14-8-10-16-24(22)25/h7-10,13-16,20,25H,5-6,11-12,17-19H2,1-4H3,(H,30,34)(H,32,33)/t20-/m0/s1. The van der Waals surface area contributed by atoms with Crippen LogP contribution in [0.25, 0.3) is 11.1 Å². The van der Waals surface area contributed by atoms with E-state index in [-0.39, 0.29) is 19.1 Å². The first-order chi connectivity index (χ1) is 17.6. The van der Waals surface area contributed by atoms with Crippen molar-refractivity contribution in [3.8, 4) is 11.1 Å². The normalized spacial score (nSPS) is 13.3. The molecule has 8 nitrogen and oxygen atoms in total. The van der Waals surface area contributed by atoms with Gasteiger partial charge in [-0.3, -0.25) is 4.90 Å². The summed E-state index contributed by atoms with van der Waals surface area (Å²) in [6.45, 7) is 7.85. The van der Waals surface area contributed by atoms with Crippen LogP contribution in [0.15, 0.2) is 48.5 Å². The Balaban J connectivity index is 1.49. The second-order valence-corrected chi connectivity index (χ2v) is 10.4. The van der Waals surface area contributed by atoms with E-state index in [4.69, 9.17) is 9.47 Å². The van der Waals surface area contributed by atoms with Gasteiger partial charge in [0.05, 0.1) is 0 Å². The summed E-state index contributed by atoms with van der Waals surface area (Å²) in [5.41, 5.74) is 3.95. The van der Waals surface area contributed by atoms with Crippen molar-refractivity contribution in [2.24, 2.45) is 0 Å². The molecule has 0 spiro atoms. The first kappa shape index (κ1) is 28.0. The van der Waals surface area contributed by atoms with Crippen molar-refractivity contribution in [2.75, 3.05) is 19.7 Å². The van der Waals surface area contributed by atoms with E-state index >= 15 is 0 Å². The molecule has 0 saturated heterocycles. The molecule has 2 N–H and O–H groups in total. The lowest BCUT2D eigenvalue weighted by molar-refractivity contribution is -0.142. The molecule has 0 bridgehead atoms. The van der Waals surface area contributed by atoms with Gasteiger partial charge in [-0.2, -0.15) is 0 Å². The Kier molecular flexibility index (Phi) is 9.55. The summed E-state index contributed by atoms with van der Waals surface area (Å²) in [7, 11) is 0. The summed E-state index contributed by atoms with van der Waals surface area (Å²) in [4.78, 5) is 37.7. The number of carbonyl (C=O) groups is 3. The fourth-order valence-corrected chi connectivity index (χ4v) is 4.52. The SMILES string of the molecule is C[C@@H](C(=O)O)N(CCCCCCNC(=O)OC(C)(C)C)C(=O)OCC1c2ccccc2-c2ccccc21. The Bertz CT molecular complexity index is 1050. The van der Waals surface area contributed by atoms with Crippen LogP contribution in [0.4, 0.5) is 9.59 Å². The summed E-state index contributed by atoms with van der Waals surface area (Å²) >= 11 is 0. The predicted molar refractivity (Wildman–Crippen MR) is 142 cm³/mol. The van der Waals surface area contributed by atoms with Crippen molar-refractivity contribution >= 4 is 18.2 Å². The van der Waals surface area contributed by atoms with Crippen molar-refractivity contribution in [1.29, 1.82) is 0 Å². The number of carbonyl (C=O) groups excluding carboxylic acids is 2. The number of nitrogens with one attached hydrogen (secondary N) is 1. The number of carboxylic acids is 1. The summed E-state index contributed by atoms with van der Waals surface area (Å²) in [5, 5.41) is 12.3. The van der Waals surface area contributed by atoms with Gasteiger partial charge in [0, 0.05) is 19.0 Å². The summed E-state index contributed by atoms with van der Waals surface area (Å²) in [6.07, 6.45) is 1.95. The third-order valence-electron chi connectivity index (χ3n) is 6.39. The second-order valence-electron chi connectivity index (χ2n) is 10.4. The molecule has 3 rings (SSSR count). The highest BCUT2D eigenvalue weighted by molar-refractivity contribution is 5.81. The molecule has 0 fully saturated rings. The van der Waals surface area contributed by atoms with E-state index in [1.54, 1.807) is 0 Å². The zero-order valence-electron chi connectivity index (χ0n) is 22.2. The predicted octanol–water partition coefficient (Wildman–Crippen LogP) is 5.80. The molecule has 2 amide bonds. The van der Waals surface area contributed by atoms with Crippen LogP contribution in [0.2, 0.25) is 0 Å². The third-order valence-corrected chi connectivity index (χ3v) is 6.39. The van der Waals surface area contributed by atoms with Gasteiger partial charge in [0.2, 0.25) is 0 Å². The second kappa shape index (κ2) is 12.6. The molecule has 0 unspecified atom stereocenters. The molecule has 0 aromatic heterocycles. The number of nitrogens with zero attached hydrogens (tertiary/aromatic N) is 1. The average molecular weight is 511 g/mol. The lowest BCUT2D eigenvalue weighted by atomic mass is 9.98. The maximum atomic E-state index is 13.0. The fourth-order valence-electron chi connectivity index (χ4n) is 4.52. The van der Waals surface area contributed by atoms with Crippen LogP contribution in [0.5, 0.6) is 0 Å². The van der Waals surface area contributed by atoms with Gasteiger partial charge in [-0.05, 0) is 62.8 Å². The van der Waals surface area contributed by atoms with E-state index in [0.29, 0.717) is 13.0 Å². The maximum absolute atomic E-state index is 13.0. The van der Waals surface area contributed by atoms with Gasteiger partial charge in [0.15, 0.2) is 0 Å². The molecule has 0 saturated carbocycles. The maximum Gasteiger partial charge on any atom is 0.410 e. The Morgan fingerprint density at radius 1 is 0.946 bits per heavy atom. The van der Waals surface area contributed by atoms with Gasteiger partial charge in [-0.1, -0.05) is 61.4 Å². The van der Waals surface area contributed by atoms with Crippen molar-refractivity contribution in [2.45, 2.75) is 70.9 Å². The summed E-state index contributed by atoms with van der Waals surface area (Å²) in [5.74, 6) is -1.16. The Hall–Kier alpha value is -3.55. The molecule has 1 aliphatic rings. The lowest BCUT2D eigenvalue weighted by Gasteiger charge is -2.26. The van der Waals surface area contributed by atoms with Crippen molar-refractivity contribution in [1.82, 2.24) is 10.2 Å². The third kappa shape index (κ3) is 7.71. The highest BCUT2D eigenvalue weighted by atomic mass is 16.6. The van der Waals surface area contributed by atoms with Crippen LogP contribution in [0, 0.1) is 0 Å². The number of benzene rings is 2. The number of amides is 2. The largest absolute Gasteiger partial charge is 0.480 e. The number of ether oxygens (including phenoxy) is 2. The van der Waals surface area contributed by atoms with Gasteiger partial charge in [-0.15, -0.1) is 0 Å². The van der Waals surface area contributed by atoms with Gasteiger partial charge < -0.3 is 19.9 Å². The van der Waals surface area contributed by atoms with Crippen LogP contribution in [0.3, 0.4) is 0 Å². The van der Waals surface area contributed by atoms with Crippen LogP contribution in [0.1, 0.15) is 70.4 Å². The minimum atomic E-state index is -1.07. The molecule has 2 aromatic rings. The van der Waals surface area contributed by atoms with Crippen LogP contribution in [-0.2, 0) is 14.3 Å². The molecule has 1 aliphatic carbocycles. The van der Waals surface area contributed by atoms with Crippen LogP contribution >= 0.6 is 0 Å². The average Bonchev–Trinajstić information content (AvgIpc) is 3.16. The highest BCUT2D eigenvalue weighted by Gasteiger charge is 2.31. The number of alkyl carbamates (subject to hydrolysis) is 1. The topological polar surface area (TPSA) is 105 Å². The number of hydrogen-bond acceptors (Lipinski definition) is 5. The quantitative estimate of drug-likeness (QED) is 0.371. The number of rotatable bonds is 11. The van der Waals surface area contributed by atoms with E-state index < -0.39 is 29.8 Å². The monoisotopic (exact) mass is 510 g/mol. The zero-order chi connectivity index (χ0) is 27.0. The highest BCUT2D eigenvalue weighted by Crippen LogP contribution is 2.44. The molecule has 37 heavy (non-hydrogen) atoms. The van der Waals surface area contributed by atoms with Crippen molar-refractivity contribution in [3.05, 3.63) is 59.7 Å². The Morgan fingerprint density at radius 3 is 2.08 bits per heavy atom. The minimum Gasteiger partial charge on any atom is -0.480 e. The molecule has 1 atom stereocenters. The van der Waals surface area contributed by atoms with E-state index in [9.17, 15) is 19.5 Å².